The lowest BCUT2D eigenvalue weighted by molar-refractivity contribution is -0.00508. The Hall–Kier alpha value is -1.56. The van der Waals surface area contributed by atoms with Gasteiger partial charge in [0.05, 0.1) is 12.8 Å². The van der Waals surface area contributed by atoms with Crippen molar-refractivity contribution in [2.75, 3.05) is 32.8 Å². The van der Waals surface area contributed by atoms with E-state index in [4.69, 9.17) is 4.74 Å². The molecule has 3 fully saturated rings. The number of rotatable bonds is 4. The van der Waals surface area contributed by atoms with Crippen molar-refractivity contribution in [3.8, 4) is 0 Å². The summed E-state index contributed by atoms with van der Waals surface area (Å²) in [5.41, 5.74) is 3.18. The number of hydrogen-bond acceptors (Lipinski definition) is 4. The largest absolute Gasteiger partial charge is 0.450 e. The molecular formula is C21H34N4O2. The van der Waals surface area contributed by atoms with Gasteiger partial charge in [-0.2, -0.15) is 5.10 Å². The van der Waals surface area contributed by atoms with Crippen molar-refractivity contribution in [1.29, 1.82) is 0 Å². The lowest BCUT2D eigenvalue weighted by Gasteiger charge is -2.51. The van der Waals surface area contributed by atoms with E-state index >= 15 is 0 Å². The van der Waals surface area contributed by atoms with Crippen LogP contribution in [0, 0.1) is 12.3 Å². The third-order valence-electron chi connectivity index (χ3n) is 7.11. The summed E-state index contributed by atoms with van der Waals surface area (Å²) >= 11 is 0. The van der Waals surface area contributed by atoms with Gasteiger partial charge < -0.3 is 14.5 Å². The topological polar surface area (TPSA) is 50.6 Å². The van der Waals surface area contributed by atoms with Crippen molar-refractivity contribution in [2.45, 2.75) is 71.4 Å². The van der Waals surface area contributed by atoms with Crippen LogP contribution in [0.5, 0.6) is 0 Å². The van der Waals surface area contributed by atoms with E-state index in [1.54, 1.807) is 0 Å². The molecule has 0 radical (unpaired) electrons. The first-order chi connectivity index (χ1) is 13.0. The van der Waals surface area contributed by atoms with E-state index < -0.39 is 0 Å². The Labute approximate surface area is 162 Å². The predicted octanol–water partition coefficient (Wildman–Crippen LogP) is 3.40. The van der Waals surface area contributed by atoms with Crippen molar-refractivity contribution in [1.82, 2.24) is 19.6 Å². The van der Waals surface area contributed by atoms with Crippen molar-refractivity contribution in [2.24, 2.45) is 5.41 Å². The maximum atomic E-state index is 12.0. The third-order valence-corrected chi connectivity index (χ3v) is 7.11. The molecule has 1 aliphatic carbocycles. The number of piperidine rings is 1. The van der Waals surface area contributed by atoms with E-state index in [0.29, 0.717) is 24.0 Å². The molecule has 27 heavy (non-hydrogen) atoms. The second kappa shape index (κ2) is 7.46. The Bertz CT molecular complexity index is 672. The van der Waals surface area contributed by atoms with Gasteiger partial charge in [-0.1, -0.05) is 0 Å². The summed E-state index contributed by atoms with van der Waals surface area (Å²) in [6.45, 7) is 11.8. The summed E-state index contributed by atoms with van der Waals surface area (Å²) in [5, 5.41) is 4.53. The minimum atomic E-state index is -0.124. The van der Waals surface area contributed by atoms with Crippen LogP contribution in [0.15, 0.2) is 6.20 Å². The summed E-state index contributed by atoms with van der Waals surface area (Å²) in [6, 6.07) is 0.713. The number of amides is 1. The minimum absolute atomic E-state index is 0.124. The normalized spacial score (nSPS) is 29.3. The first-order valence-electron chi connectivity index (χ1n) is 10.7. The molecule has 0 atom stereocenters. The zero-order chi connectivity index (χ0) is 19.0. The Morgan fingerprint density at radius 1 is 1.26 bits per heavy atom. The van der Waals surface area contributed by atoms with Gasteiger partial charge in [0.1, 0.15) is 0 Å². The Morgan fingerprint density at radius 3 is 2.67 bits per heavy atom. The molecule has 3 heterocycles. The van der Waals surface area contributed by atoms with Crippen LogP contribution in [0.25, 0.3) is 0 Å². The molecule has 6 heteroatoms. The fourth-order valence-electron chi connectivity index (χ4n) is 5.65. The molecule has 0 bridgehead atoms. The van der Waals surface area contributed by atoms with Crippen LogP contribution in [0.1, 0.15) is 63.1 Å². The van der Waals surface area contributed by atoms with Crippen molar-refractivity contribution in [3.05, 3.63) is 17.5 Å². The average molecular weight is 375 g/mol. The smallest absolute Gasteiger partial charge is 0.409 e. The van der Waals surface area contributed by atoms with E-state index in [9.17, 15) is 4.79 Å². The second-order valence-electron chi connectivity index (χ2n) is 8.77. The molecule has 1 aromatic heterocycles. The van der Waals surface area contributed by atoms with E-state index in [0.717, 1.165) is 26.1 Å². The highest BCUT2D eigenvalue weighted by molar-refractivity contribution is 5.68. The van der Waals surface area contributed by atoms with Gasteiger partial charge in [-0.05, 0) is 76.9 Å². The Morgan fingerprint density at radius 2 is 2.00 bits per heavy atom. The van der Waals surface area contributed by atoms with Gasteiger partial charge in [0.2, 0.25) is 0 Å². The number of aryl methyl sites for hydroxylation is 2. The number of hydrogen-bond donors (Lipinski definition) is 0. The van der Waals surface area contributed by atoms with Gasteiger partial charge in [-0.3, -0.25) is 4.68 Å². The van der Waals surface area contributed by atoms with Crippen molar-refractivity contribution >= 4 is 6.09 Å². The molecule has 2 saturated heterocycles. The number of nitrogens with zero attached hydrogens (tertiary/aromatic N) is 4. The molecule has 2 aliphatic heterocycles. The first kappa shape index (κ1) is 18.8. The summed E-state index contributed by atoms with van der Waals surface area (Å²) in [4.78, 5) is 16.6. The molecule has 1 saturated carbocycles. The van der Waals surface area contributed by atoms with Crippen LogP contribution >= 0.6 is 0 Å². The van der Waals surface area contributed by atoms with Gasteiger partial charge in [-0.15, -0.1) is 0 Å². The molecule has 0 unspecified atom stereocenters. The molecule has 4 rings (SSSR count). The standard InChI is InChI=1S/C21H34N4O2/c1-4-25-19(16(3)14-22-25)17-6-9-23(10-7-17)18-12-21(13-18)8-11-24(15-21)20(26)27-5-2/h14,17-18H,4-13,15H2,1-3H3. The van der Waals surface area contributed by atoms with Gasteiger partial charge in [0.25, 0.3) is 0 Å². The van der Waals surface area contributed by atoms with Crippen LogP contribution in [0.2, 0.25) is 0 Å². The molecular weight excluding hydrogens is 340 g/mol. The average Bonchev–Trinajstić information content (AvgIpc) is 3.25. The number of ether oxygens (including phenoxy) is 1. The van der Waals surface area contributed by atoms with Crippen LogP contribution in [-0.2, 0) is 11.3 Å². The van der Waals surface area contributed by atoms with Gasteiger partial charge in [-0.25, -0.2) is 4.79 Å². The Kier molecular flexibility index (Phi) is 5.19. The fraction of sp³-hybridized carbons (Fsp3) is 0.810. The molecule has 1 aromatic rings. The molecule has 0 N–H and O–H groups in total. The van der Waals surface area contributed by atoms with E-state index in [2.05, 4.69) is 28.5 Å². The summed E-state index contributed by atoms with van der Waals surface area (Å²) in [5.74, 6) is 0.656. The molecule has 0 aromatic carbocycles. The first-order valence-corrected chi connectivity index (χ1v) is 10.7. The van der Waals surface area contributed by atoms with E-state index in [1.165, 1.54) is 50.0 Å². The lowest BCUT2D eigenvalue weighted by Crippen LogP contribution is -2.54. The summed E-state index contributed by atoms with van der Waals surface area (Å²) in [6.07, 6.45) is 8.03. The monoisotopic (exact) mass is 374 g/mol. The predicted molar refractivity (Wildman–Crippen MR) is 105 cm³/mol. The quantitative estimate of drug-likeness (QED) is 0.810. The maximum Gasteiger partial charge on any atom is 0.409 e. The molecule has 1 spiro atoms. The highest BCUT2D eigenvalue weighted by atomic mass is 16.6. The van der Waals surface area contributed by atoms with Crippen molar-refractivity contribution in [3.63, 3.8) is 0 Å². The fourth-order valence-corrected chi connectivity index (χ4v) is 5.65. The van der Waals surface area contributed by atoms with Gasteiger partial charge in [0.15, 0.2) is 0 Å². The number of likely N-dealkylation sites (tertiary alicyclic amines) is 2. The zero-order valence-electron chi connectivity index (χ0n) is 17.1. The molecule has 1 amide bonds. The number of carbonyl (C=O) groups excluding carboxylic acids is 1. The summed E-state index contributed by atoms with van der Waals surface area (Å²) < 4.78 is 7.37. The van der Waals surface area contributed by atoms with E-state index in [1.807, 2.05) is 18.0 Å². The SMILES string of the molecule is CCOC(=O)N1CCC2(CC(N3CCC(c4c(C)cnn4CC)CC3)C2)C1. The van der Waals surface area contributed by atoms with Crippen LogP contribution in [0.3, 0.4) is 0 Å². The highest BCUT2D eigenvalue weighted by Gasteiger charge is 2.51. The summed E-state index contributed by atoms with van der Waals surface area (Å²) in [7, 11) is 0. The van der Waals surface area contributed by atoms with Crippen LogP contribution < -0.4 is 0 Å². The highest BCUT2D eigenvalue weighted by Crippen LogP contribution is 2.51. The lowest BCUT2D eigenvalue weighted by atomic mass is 9.64. The van der Waals surface area contributed by atoms with Crippen LogP contribution in [-0.4, -0.2) is 64.5 Å². The number of carbonyl (C=O) groups is 1. The van der Waals surface area contributed by atoms with Crippen LogP contribution in [0.4, 0.5) is 4.79 Å². The molecule has 150 valence electrons. The van der Waals surface area contributed by atoms with Gasteiger partial charge >= 0.3 is 6.09 Å². The minimum Gasteiger partial charge on any atom is -0.450 e. The Balaban J connectivity index is 1.27. The maximum absolute atomic E-state index is 12.0. The number of aromatic nitrogens is 2. The molecule has 3 aliphatic rings. The van der Waals surface area contributed by atoms with Crippen molar-refractivity contribution < 1.29 is 9.53 Å². The third kappa shape index (κ3) is 3.48. The zero-order valence-corrected chi connectivity index (χ0v) is 17.1. The second-order valence-corrected chi connectivity index (χ2v) is 8.77. The van der Waals surface area contributed by atoms with E-state index in [-0.39, 0.29) is 6.09 Å². The van der Waals surface area contributed by atoms with Gasteiger partial charge in [0, 0.05) is 37.3 Å². The molecule has 6 nitrogen and oxygen atoms in total.